The van der Waals surface area contributed by atoms with E-state index >= 15 is 0 Å². The first-order valence-corrected chi connectivity index (χ1v) is 12.4. The molecule has 0 saturated heterocycles. The first-order valence-electron chi connectivity index (χ1n) is 10.8. The Kier molecular flexibility index (Phi) is 17.2. The van der Waals surface area contributed by atoms with E-state index in [0.717, 1.165) is 0 Å². The Morgan fingerprint density at radius 1 is 0.903 bits per heavy atom. The van der Waals surface area contributed by atoms with Crippen LogP contribution in [-0.4, -0.2) is 91.2 Å². The summed E-state index contributed by atoms with van der Waals surface area (Å²) in [6, 6.07) is 0.00748. The molecule has 0 amide bonds. The van der Waals surface area contributed by atoms with E-state index in [1.807, 2.05) is 27.7 Å². The SMILES string of the molecule is CC(N)CCCS(=O)(=O)NCCOCCOCCOCCOCCC(=O)OC(C)(C)C. The van der Waals surface area contributed by atoms with Crippen LogP contribution in [0.1, 0.15) is 47.0 Å². The fourth-order valence-electron chi connectivity index (χ4n) is 2.25. The number of carbonyl (C=O) groups excluding carboxylic acids is 1. The number of ether oxygens (including phenoxy) is 5. The van der Waals surface area contributed by atoms with Crippen molar-refractivity contribution in [2.75, 3.05) is 65.2 Å². The third-order valence-electron chi connectivity index (χ3n) is 3.63. The summed E-state index contributed by atoms with van der Waals surface area (Å²) in [5.74, 6) is -0.203. The topological polar surface area (TPSA) is 135 Å². The van der Waals surface area contributed by atoms with E-state index in [1.165, 1.54) is 0 Å². The molecule has 10 nitrogen and oxygen atoms in total. The van der Waals surface area contributed by atoms with Crippen LogP contribution in [0.3, 0.4) is 0 Å². The van der Waals surface area contributed by atoms with Crippen LogP contribution >= 0.6 is 0 Å². The van der Waals surface area contributed by atoms with Crippen molar-refractivity contribution in [1.29, 1.82) is 0 Å². The zero-order valence-corrected chi connectivity index (χ0v) is 20.3. The van der Waals surface area contributed by atoms with Gasteiger partial charge in [-0.2, -0.15) is 0 Å². The van der Waals surface area contributed by atoms with E-state index in [9.17, 15) is 13.2 Å². The number of nitrogens with one attached hydrogen (secondary N) is 1. The maximum absolute atomic E-state index is 11.7. The lowest BCUT2D eigenvalue weighted by Crippen LogP contribution is -2.30. The van der Waals surface area contributed by atoms with Crippen LogP contribution in [0.4, 0.5) is 0 Å². The van der Waals surface area contributed by atoms with Gasteiger partial charge in [0.15, 0.2) is 0 Å². The van der Waals surface area contributed by atoms with E-state index in [1.54, 1.807) is 0 Å². The minimum absolute atomic E-state index is 0.00748. The predicted molar refractivity (Wildman–Crippen MR) is 118 cm³/mol. The molecule has 0 aromatic rings. The van der Waals surface area contributed by atoms with Crippen molar-refractivity contribution in [2.24, 2.45) is 5.73 Å². The quantitative estimate of drug-likeness (QED) is 0.196. The molecule has 186 valence electrons. The highest BCUT2D eigenvalue weighted by molar-refractivity contribution is 7.89. The van der Waals surface area contributed by atoms with Crippen LogP contribution in [0.2, 0.25) is 0 Å². The molecule has 0 heterocycles. The van der Waals surface area contributed by atoms with Gasteiger partial charge in [0.2, 0.25) is 10.0 Å². The Labute approximate surface area is 187 Å². The Hall–Kier alpha value is -0.820. The van der Waals surface area contributed by atoms with Crippen molar-refractivity contribution < 1.29 is 36.9 Å². The normalized spacial score (nSPS) is 13.3. The van der Waals surface area contributed by atoms with Gasteiger partial charge in [0, 0.05) is 12.6 Å². The maximum Gasteiger partial charge on any atom is 0.308 e. The highest BCUT2D eigenvalue weighted by Gasteiger charge is 2.15. The fourth-order valence-corrected chi connectivity index (χ4v) is 3.33. The summed E-state index contributed by atoms with van der Waals surface area (Å²) in [6.07, 6.45) is 1.44. The molecule has 1 atom stereocenters. The zero-order chi connectivity index (χ0) is 23.6. The number of hydrogen-bond donors (Lipinski definition) is 2. The third-order valence-corrected chi connectivity index (χ3v) is 5.10. The van der Waals surface area contributed by atoms with Gasteiger partial charge < -0.3 is 29.4 Å². The Bertz CT molecular complexity index is 550. The second kappa shape index (κ2) is 17.7. The molecule has 0 radical (unpaired) electrons. The van der Waals surface area contributed by atoms with Crippen LogP contribution in [0, 0.1) is 0 Å². The van der Waals surface area contributed by atoms with Gasteiger partial charge in [0.05, 0.1) is 65.0 Å². The molecule has 0 bridgehead atoms. The molecule has 3 N–H and O–H groups in total. The van der Waals surface area contributed by atoms with E-state index < -0.39 is 15.6 Å². The molecule has 0 aromatic carbocycles. The highest BCUT2D eigenvalue weighted by Crippen LogP contribution is 2.08. The van der Waals surface area contributed by atoms with Gasteiger partial charge in [-0.25, -0.2) is 13.1 Å². The number of esters is 1. The molecule has 0 aliphatic carbocycles. The van der Waals surface area contributed by atoms with Crippen LogP contribution in [0.25, 0.3) is 0 Å². The first-order chi connectivity index (χ1) is 14.5. The smallest absolute Gasteiger partial charge is 0.308 e. The second-order valence-corrected chi connectivity index (χ2v) is 10.0. The lowest BCUT2D eigenvalue weighted by atomic mass is 10.2. The number of hydrogen-bond acceptors (Lipinski definition) is 9. The van der Waals surface area contributed by atoms with Crippen LogP contribution in [-0.2, 0) is 38.5 Å². The van der Waals surface area contributed by atoms with Gasteiger partial charge in [0.25, 0.3) is 0 Å². The van der Waals surface area contributed by atoms with Crippen molar-refractivity contribution in [1.82, 2.24) is 4.72 Å². The average molecular weight is 471 g/mol. The molecule has 1 unspecified atom stereocenters. The van der Waals surface area contributed by atoms with Gasteiger partial charge in [-0.3, -0.25) is 4.79 Å². The highest BCUT2D eigenvalue weighted by atomic mass is 32.2. The number of rotatable bonds is 20. The lowest BCUT2D eigenvalue weighted by Gasteiger charge is -2.19. The first kappa shape index (κ1) is 30.2. The molecule has 0 fully saturated rings. The average Bonchev–Trinajstić information content (AvgIpc) is 2.62. The second-order valence-electron chi connectivity index (χ2n) is 8.12. The summed E-state index contributed by atoms with van der Waals surface area (Å²) in [7, 11) is -3.27. The van der Waals surface area contributed by atoms with Crippen molar-refractivity contribution in [3.63, 3.8) is 0 Å². The Morgan fingerprint density at radius 3 is 1.87 bits per heavy atom. The molecule has 31 heavy (non-hydrogen) atoms. The maximum atomic E-state index is 11.7. The number of sulfonamides is 1. The molecule has 0 rings (SSSR count). The summed E-state index contributed by atoms with van der Waals surface area (Å²) in [5.41, 5.74) is 5.12. The molecule has 0 saturated carbocycles. The van der Waals surface area contributed by atoms with Gasteiger partial charge >= 0.3 is 5.97 Å². The summed E-state index contributed by atoms with van der Waals surface area (Å²) < 4.78 is 52.5. The molecular weight excluding hydrogens is 428 g/mol. The minimum Gasteiger partial charge on any atom is -0.460 e. The van der Waals surface area contributed by atoms with Crippen LogP contribution in [0.15, 0.2) is 0 Å². The van der Waals surface area contributed by atoms with E-state index in [2.05, 4.69) is 4.72 Å². The monoisotopic (exact) mass is 470 g/mol. The van der Waals surface area contributed by atoms with E-state index in [0.29, 0.717) is 59.1 Å². The molecule has 0 aliphatic heterocycles. The predicted octanol–water partition coefficient (Wildman–Crippen LogP) is 0.831. The van der Waals surface area contributed by atoms with E-state index in [-0.39, 0.29) is 37.3 Å². The van der Waals surface area contributed by atoms with Gasteiger partial charge in [-0.05, 0) is 40.5 Å². The largest absolute Gasteiger partial charge is 0.460 e. The minimum atomic E-state index is -3.27. The molecule has 11 heteroatoms. The van der Waals surface area contributed by atoms with Crippen molar-refractivity contribution in [2.45, 2.75) is 58.6 Å². The zero-order valence-electron chi connectivity index (χ0n) is 19.5. The summed E-state index contributed by atoms with van der Waals surface area (Å²) in [6.45, 7) is 10.6. The van der Waals surface area contributed by atoms with Crippen molar-refractivity contribution in [3.05, 3.63) is 0 Å². The van der Waals surface area contributed by atoms with Gasteiger partial charge in [0.1, 0.15) is 5.60 Å². The Balaban J connectivity index is 3.34. The lowest BCUT2D eigenvalue weighted by molar-refractivity contribution is -0.156. The number of nitrogens with two attached hydrogens (primary N) is 1. The van der Waals surface area contributed by atoms with Gasteiger partial charge in [-0.1, -0.05) is 0 Å². The summed E-state index contributed by atoms with van der Waals surface area (Å²) in [4.78, 5) is 11.5. The van der Waals surface area contributed by atoms with Crippen LogP contribution in [0.5, 0.6) is 0 Å². The van der Waals surface area contributed by atoms with Crippen molar-refractivity contribution in [3.8, 4) is 0 Å². The third kappa shape index (κ3) is 23.7. The van der Waals surface area contributed by atoms with Crippen molar-refractivity contribution >= 4 is 16.0 Å². The summed E-state index contributed by atoms with van der Waals surface area (Å²) in [5, 5.41) is 0. The Morgan fingerprint density at radius 2 is 1.39 bits per heavy atom. The van der Waals surface area contributed by atoms with Gasteiger partial charge in [-0.15, -0.1) is 0 Å². The fraction of sp³-hybridized carbons (Fsp3) is 0.950. The molecule has 0 aliphatic rings. The van der Waals surface area contributed by atoms with Crippen LogP contribution < -0.4 is 10.5 Å². The summed E-state index contributed by atoms with van der Waals surface area (Å²) >= 11 is 0. The molecule has 0 aromatic heterocycles. The number of carbonyl (C=O) groups is 1. The molecular formula is C20H42N2O8S. The standard InChI is InChI=1S/C20H42N2O8S/c1-18(21)6-5-17-31(24,25)22-8-10-27-12-14-29-16-15-28-13-11-26-9-7-19(23)30-20(2,3)4/h18,22H,5-17,21H2,1-4H3. The molecule has 0 spiro atoms. The van der Waals surface area contributed by atoms with E-state index in [4.69, 9.17) is 29.4 Å².